The van der Waals surface area contributed by atoms with Crippen LogP contribution in [0.3, 0.4) is 0 Å². The average Bonchev–Trinajstić information content (AvgIpc) is 3.26. The van der Waals surface area contributed by atoms with Gasteiger partial charge in [-0.15, -0.1) is 22.7 Å². The lowest BCUT2D eigenvalue weighted by molar-refractivity contribution is 0.0930. The number of piperidine rings is 1. The molecule has 130 valence electrons. The molecule has 0 saturated carbocycles. The summed E-state index contributed by atoms with van der Waals surface area (Å²) in [7, 11) is -3.72. The number of sulfonamides is 1. The molecule has 6 nitrogen and oxygen atoms in total. The van der Waals surface area contributed by atoms with E-state index in [0.29, 0.717) is 0 Å². The molecule has 24 heavy (non-hydrogen) atoms. The highest BCUT2D eigenvalue weighted by atomic mass is 32.2. The van der Waals surface area contributed by atoms with Crippen molar-refractivity contribution in [3.05, 3.63) is 38.7 Å². The van der Waals surface area contributed by atoms with Gasteiger partial charge in [0.2, 0.25) is 10.0 Å². The third-order valence-corrected chi connectivity index (χ3v) is 7.18. The predicted octanol–water partition coefficient (Wildman–Crippen LogP) is 1.77. The molecule has 3 rings (SSSR count). The number of carbonyl (C=O) groups excluding carboxylic acids is 1. The summed E-state index contributed by atoms with van der Waals surface area (Å²) in [6.07, 6.45) is 1.71. The summed E-state index contributed by atoms with van der Waals surface area (Å²) in [5, 5.41) is 9.71. The third-order valence-electron chi connectivity index (χ3n) is 3.82. The fraction of sp³-hybridized carbons (Fsp3) is 0.400. The SMILES string of the molecule is O=C(NC1CCNCC1)c1sccc1S(=O)(=O)NCc1cccs1. The number of hydrogen-bond acceptors (Lipinski definition) is 6. The summed E-state index contributed by atoms with van der Waals surface area (Å²) in [6.45, 7) is 1.96. The highest BCUT2D eigenvalue weighted by Crippen LogP contribution is 2.23. The Balaban J connectivity index is 1.70. The van der Waals surface area contributed by atoms with Gasteiger partial charge in [0, 0.05) is 17.5 Å². The number of nitrogens with one attached hydrogen (secondary N) is 3. The Morgan fingerprint density at radius 2 is 2.00 bits per heavy atom. The van der Waals surface area contributed by atoms with E-state index in [0.717, 1.165) is 42.1 Å². The van der Waals surface area contributed by atoms with Crippen LogP contribution in [0.1, 0.15) is 27.4 Å². The molecule has 0 bridgehead atoms. The molecule has 1 aliphatic rings. The van der Waals surface area contributed by atoms with Crippen LogP contribution >= 0.6 is 22.7 Å². The number of amides is 1. The van der Waals surface area contributed by atoms with E-state index in [9.17, 15) is 13.2 Å². The summed E-state index contributed by atoms with van der Waals surface area (Å²) >= 11 is 2.64. The summed E-state index contributed by atoms with van der Waals surface area (Å²) in [6, 6.07) is 5.32. The second-order valence-electron chi connectivity index (χ2n) is 5.52. The molecule has 0 aliphatic carbocycles. The molecule has 1 aliphatic heterocycles. The fourth-order valence-corrected chi connectivity index (χ4v) is 5.62. The van der Waals surface area contributed by atoms with E-state index in [1.54, 1.807) is 5.38 Å². The molecule has 0 aromatic carbocycles. The minimum Gasteiger partial charge on any atom is -0.348 e. The van der Waals surface area contributed by atoms with Crippen molar-refractivity contribution >= 4 is 38.6 Å². The Morgan fingerprint density at radius 3 is 2.71 bits per heavy atom. The van der Waals surface area contributed by atoms with E-state index in [-0.39, 0.29) is 28.3 Å². The molecule has 1 saturated heterocycles. The molecule has 3 N–H and O–H groups in total. The van der Waals surface area contributed by atoms with Crippen molar-refractivity contribution in [3.8, 4) is 0 Å². The lowest BCUT2D eigenvalue weighted by Gasteiger charge is -2.23. The number of rotatable bonds is 6. The van der Waals surface area contributed by atoms with Crippen LogP contribution in [-0.4, -0.2) is 33.5 Å². The van der Waals surface area contributed by atoms with Crippen LogP contribution in [0.2, 0.25) is 0 Å². The minimum atomic E-state index is -3.72. The molecular formula is C15H19N3O3S3. The van der Waals surface area contributed by atoms with E-state index in [4.69, 9.17) is 0 Å². The zero-order valence-electron chi connectivity index (χ0n) is 12.9. The van der Waals surface area contributed by atoms with Crippen molar-refractivity contribution in [1.29, 1.82) is 0 Å². The molecule has 0 spiro atoms. The standard InChI is InChI=1S/C15H19N3O3S3/c19-15(18-11-3-6-16-7-4-11)14-13(5-9-23-14)24(20,21)17-10-12-2-1-8-22-12/h1-2,5,8-9,11,16-17H,3-4,6-7,10H2,(H,18,19). The van der Waals surface area contributed by atoms with Crippen LogP contribution in [0, 0.1) is 0 Å². The Labute approximate surface area is 149 Å². The molecule has 0 radical (unpaired) electrons. The normalized spacial score (nSPS) is 16.2. The van der Waals surface area contributed by atoms with Crippen LogP contribution in [0.15, 0.2) is 33.9 Å². The van der Waals surface area contributed by atoms with E-state index < -0.39 is 10.0 Å². The first kappa shape index (κ1) is 17.6. The van der Waals surface area contributed by atoms with Crippen LogP contribution in [0.4, 0.5) is 0 Å². The van der Waals surface area contributed by atoms with Gasteiger partial charge in [0.15, 0.2) is 0 Å². The van der Waals surface area contributed by atoms with Gasteiger partial charge < -0.3 is 10.6 Å². The lowest BCUT2D eigenvalue weighted by atomic mass is 10.1. The van der Waals surface area contributed by atoms with Crippen molar-refractivity contribution in [2.24, 2.45) is 0 Å². The van der Waals surface area contributed by atoms with Crippen molar-refractivity contribution in [2.75, 3.05) is 13.1 Å². The number of thiophene rings is 2. The quantitative estimate of drug-likeness (QED) is 0.707. The second kappa shape index (κ2) is 7.75. The molecule has 0 atom stereocenters. The Morgan fingerprint density at radius 1 is 1.21 bits per heavy atom. The maximum atomic E-state index is 12.5. The van der Waals surface area contributed by atoms with Gasteiger partial charge in [0.1, 0.15) is 9.77 Å². The molecule has 2 aromatic rings. The zero-order valence-corrected chi connectivity index (χ0v) is 15.4. The van der Waals surface area contributed by atoms with Gasteiger partial charge in [-0.05, 0) is 48.8 Å². The third kappa shape index (κ3) is 4.22. The molecule has 0 unspecified atom stereocenters. The topological polar surface area (TPSA) is 87.3 Å². The minimum absolute atomic E-state index is 0.0514. The van der Waals surface area contributed by atoms with Gasteiger partial charge in [0.25, 0.3) is 5.91 Å². The average molecular weight is 386 g/mol. The van der Waals surface area contributed by atoms with E-state index in [2.05, 4.69) is 15.4 Å². The molecular weight excluding hydrogens is 366 g/mol. The van der Waals surface area contributed by atoms with Crippen LogP contribution in [-0.2, 0) is 16.6 Å². The van der Waals surface area contributed by atoms with Gasteiger partial charge in [-0.3, -0.25) is 4.79 Å². The lowest BCUT2D eigenvalue weighted by Crippen LogP contribution is -2.42. The first-order valence-electron chi connectivity index (χ1n) is 7.67. The van der Waals surface area contributed by atoms with Gasteiger partial charge >= 0.3 is 0 Å². The fourth-order valence-electron chi connectivity index (χ4n) is 2.55. The van der Waals surface area contributed by atoms with Crippen LogP contribution in [0.25, 0.3) is 0 Å². The summed E-state index contributed by atoms with van der Waals surface area (Å²) in [4.78, 5) is 13.7. The van der Waals surface area contributed by atoms with Crippen molar-refractivity contribution in [1.82, 2.24) is 15.4 Å². The molecule has 9 heteroatoms. The smallest absolute Gasteiger partial charge is 0.262 e. The van der Waals surface area contributed by atoms with Gasteiger partial charge in [0.05, 0.1) is 0 Å². The first-order valence-corrected chi connectivity index (χ1v) is 10.9. The molecule has 3 heterocycles. The summed E-state index contributed by atoms with van der Waals surface area (Å²) in [5.41, 5.74) is 0. The molecule has 1 amide bonds. The van der Waals surface area contributed by atoms with Gasteiger partial charge in [-0.25, -0.2) is 13.1 Å². The van der Waals surface area contributed by atoms with Gasteiger partial charge in [-0.1, -0.05) is 6.07 Å². The highest BCUT2D eigenvalue weighted by Gasteiger charge is 2.25. The maximum Gasteiger partial charge on any atom is 0.262 e. The van der Waals surface area contributed by atoms with Crippen LogP contribution < -0.4 is 15.4 Å². The summed E-state index contributed by atoms with van der Waals surface area (Å²) in [5.74, 6) is -0.312. The van der Waals surface area contributed by atoms with Crippen molar-refractivity contribution < 1.29 is 13.2 Å². The van der Waals surface area contributed by atoms with Gasteiger partial charge in [-0.2, -0.15) is 0 Å². The maximum absolute atomic E-state index is 12.5. The molecule has 2 aromatic heterocycles. The second-order valence-corrected chi connectivity index (χ2v) is 9.20. The van der Waals surface area contributed by atoms with Crippen LogP contribution in [0.5, 0.6) is 0 Å². The first-order chi connectivity index (χ1) is 11.6. The Hall–Kier alpha value is -1.26. The van der Waals surface area contributed by atoms with Crippen molar-refractivity contribution in [2.45, 2.75) is 30.3 Å². The Kier molecular flexibility index (Phi) is 5.67. The predicted molar refractivity (Wildman–Crippen MR) is 96.0 cm³/mol. The zero-order chi connectivity index (χ0) is 17.0. The largest absolute Gasteiger partial charge is 0.348 e. The molecule has 1 fully saturated rings. The van der Waals surface area contributed by atoms with E-state index >= 15 is 0 Å². The number of carbonyl (C=O) groups is 1. The Bertz CT molecular complexity index is 778. The van der Waals surface area contributed by atoms with Crippen molar-refractivity contribution in [3.63, 3.8) is 0 Å². The number of hydrogen-bond donors (Lipinski definition) is 3. The monoisotopic (exact) mass is 385 g/mol. The highest BCUT2D eigenvalue weighted by molar-refractivity contribution is 7.89. The summed E-state index contributed by atoms with van der Waals surface area (Å²) < 4.78 is 27.6. The van der Waals surface area contributed by atoms with E-state index in [1.807, 2.05) is 17.5 Å². The van der Waals surface area contributed by atoms with E-state index in [1.165, 1.54) is 17.4 Å².